The molecule has 2 aromatic carbocycles. The number of hydrogen-bond acceptors (Lipinski definition) is 6. The lowest BCUT2D eigenvalue weighted by molar-refractivity contribution is -0.143. The van der Waals surface area contributed by atoms with E-state index in [9.17, 15) is 9.59 Å². The van der Waals surface area contributed by atoms with Gasteiger partial charge in [0.05, 0.1) is 21.3 Å². The molecule has 1 aliphatic heterocycles. The highest BCUT2D eigenvalue weighted by atomic mass is 35.5. The summed E-state index contributed by atoms with van der Waals surface area (Å²) in [6.45, 7) is 1.81. The highest BCUT2D eigenvalue weighted by molar-refractivity contribution is 6.30. The van der Waals surface area contributed by atoms with Crippen molar-refractivity contribution in [3.8, 4) is 11.5 Å². The van der Waals surface area contributed by atoms with Gasteiger partial charge in [0.1, 0.15) is 5.92 Å². The zero-order valence-corrected chi connectivity index (χ0v) is 19.8. The van der Waals surface area contributed by atoms with E-state index >= 15 is 0 Å². The van der Waals surface area contributed by atoms with Crippen LogP contribution in [0.1, 0.15) is 42.7 Å². The van der Waals surface area contributed by atoms with E-state index in [-0.39, 0.29) is 11.7 Å². The van der Waals surface area contributed by atoms with E-state index in [0.717, 1.165) is 5.56 Å². The third-order valence-corrected chi connectivity index (χ3v) is 6.71. The number of esters is 1. The van der Waals surface area contributed by atoms with Crippen molar-refractivity contribution >= 4 is 29.1 Å². The average molecular weight is 468 g/mol. The van der Waals surface area contributed by atoms with Crippen LogP contribution in [-0.4, -0.2) is 38.8 Å². The highest BCUT2D eigenvalue weighted by Crippen LogP contribution is 2.50. The van der Waals surface area contributed by atoms with Gasteiger partial charge in [-0.3, -0.25) is 14.6 Å². The molecule has 0 aromatic heterocycles. The van der Waals surface area contributed by atoms with Crippen LogP contribution in [0.5, 0.6) is 11.5 Å². The van der Waals surface area contributed by atoms with Crippen molar-refractivity contribution in [3.05, 3.63) is 69.9 Å². The molecule has 172 valence electrons. The Kier molecular flexibility index (Phi) is 6.56. The second-order valence-electron chi connectivity index (χ2n) is 8.25. The number of Topliss-reactive ketones (excluding diaryl/α,β-unsaturated/α-hetero) is 1. The van der Waals surface area contributed by atoms with E-state index in [1.807, 2.05) is 36.4 Å². The molecule has 0 fully saturated rings. The first-order chi connectivity index (χ1) is 15.9. The van der Waals surface area contributed by atoms with Crippen LogP contribution in [0.15, 0.2) is 58.7 Å². The van der Waals surface area contributed by atoms with Crippen LogP contribution in [0.25, 0.3) is 0 Å². The van der Waals surface area contributed by atoms with Crippen LogP contribution in [0, 0.1) is 5.92 Å². The normalized spacial score (nSPS) is 22.4. The predicted molar refractivity (Wildman–Crippen MR) is 126 cm³/mol. The first-order valence-electron chi connectivity index (χ1n) is 10.7. The number of nitrogens with zero attached hydrogens (tertiary/aromatic N) is 1. The Labute approximate surface area is 198 Å². The molecule has 0 saturated heterocycles. The number of benzene rings is 2. The van der Waals surface area contributed by atoms with Crippen molar-refractivity contribution in [1.82, 2.24) is 0 Å². The number of halogens is 1. The molecule has 4 rings (SSSR count). The summed E-state index contributed by atoms with van der Waals surface area (Å²) >= 11 is 6.04. The van der Waals surface area contributed by atoms with Crippen molar-refractivity contribution in [1.29, 1.82) is 0 Å². The number of carbonyl (C=O) groups is 2. The van der Waals surface area contributed by atoms with Crippen molar-refractivity contribution in [2.45, 2.75) is 31.6 Å². The van der Waals surface area contributed by atoms with E-state index in [2.05, 4.69) is 0 Å². The number of hydrogen-bond donors (Lipinski definition) is 0. The topological polar surface area (TPSA) is 74.2 Å². The van der Waals surface area contributed by atoms with Gasteiger partial charge in [-0.2, -0.15) is 0 Å². The summed E-state index contributed by atoms with van der Waals surface area (Å²) < 4.78 is 16.3. The minimum absolute atomic E-state index is 0.00685. The molecule has 0 radical (unpaired) electrons. The van der Waals surface area contributed by atoms with Crippen LogP contribution in [-0.2, 0) is 14.3 Å². The summed E-state index contributed by atoms with van der Waals surface area (Å²) in [6.07, 6.45) is 0.919. The molecule has 6 nitrogen and oxygen atoms in total. The maximum absolute atomic E-state index is 13.6. The maximum Gasteiger partial charge on any atom is 0.315 e. The van der Waals surface area contributed by atoms with Crippen LogP contribution in [0.4, 0.5) is 0 Å². The molecular weight excluding hydrogens is 442 g/mol. The summed E-state index contributed by atoms with van der Waals surface area (Å²) in [5.41, 5.74) is 3.61. The largest absolute Gasteiger partial charge is 0.493 e. The fraction of sp³-hybridized carbons (Fsp3) is 0.346. The van der Waals surface area contributed by atoms with Crippen molar-refractivity contribution in [3.63, 3.8) is 0 Å². The zero-order valence-electron chi connectivity index (χ0n) is 19.1. The van der Waals surface area contributed by atoms with E-state index in [0.29, 0.717) is 51.9 Å². The minimum Gasteiger partial charge on any atom is -0.493 e. The summed E-state index contributed by atoms with van der Waals surface area (Å²) in [5, 5.41) is 0.651. The maximum atomic E-state index is 13.6. The smallest absolute Gasteiger partial charge is 0.315 e. The monoisotopic (exact) mass is 467 g/mol. The SMILES string of the molecule is COC(=O)C1C(C)=NC2=C(C(=O)C[C@@H](c3ccc(Cl)cc3)C2)[C@H]1c1cccc(OC)c1OC. The van der Waals surface area contributed by atoms with Crippen molar-refractivity contribution < 1.29 is 23.8 Å². The molecule has 7 heteroatoms. The van der Waals surface area contributed by atoms with Crippen LogP contribution < -0.4 is 9.47 Å². The van der Waals surface area contributed by atoms with E-state index in [1.165, 1.54) is 7.11 Å². The first kappa shape index (κ1) is 23.1. The van der Waals surface area contributed by atoms with Crippen LogP contribution in [0.3, 0.4) is 0 Å². The summed E-state index contributed by atoms with van der Waals surface area (Å²) in [4.78, 5) is 31.2. The Hall–Kier alpha value is -3.12. The fourth-order valence-electron chi connectivity index (χ4n) is 4.96. The Morgan fingerprint density at radius 2 is 1.76 bits per heavy atom. The molecule has 1 aliphatic carbocycles. The Morgan fingerprint density at radius 3 is 2.39 bits per heavy atom. The lowest BCUT2D eigenvalue weighted by Gasteiger charge is -2.37. The van der Waals surface area contributed by atoms with Gasteiger partial charge in [0.15, 0.2) is 17.3 Å². The molecule has 0 saturated carbocycles. The Balaban J connectivity index is 1.87. The minimum atomic E-state index is -0.731. The number of ether oxygens (including phenoxy) is 3. The second-order valence-corrected chi connectivity index (χ2v) is 8.69. The van der Waals surface area contributed by atoms with Gasteiger partial charge in [-0.05, 0) is 43.0 Å². The highest BCUT2D eigenvalue weighted by Gasteiger charge is 2.45. The first-order valence-corrected chi connectivity index (χ1v) is 11.1. The Bertz CT molecular complexity index is 1150. The average Bonchev–Trinajstić information content (AvgIpc) is 2.82. The molecule has 2 aliphatic rings. The standard InChI is InChI=1S/C26H26ClNO5/c1-14-22(26(30)33-4)23(18-6-5-7-21(31-2)25(18)32-3)24-19(28-14)12-16(13-20(24)29)15-8-10-17(27)11-9-15/h5-11,16,22-23H,12-13H2,1-4H3/t16-,22?,23-/m0/s1. The lowest BCUT2D eigenvalue weighted by Crippen LogP contribution is -2.38. The number of aliphatic imine (C=N–C) groups is 1. The van der Waals surface area contributed by atoms with E-state index in [1.54, 1.807) is 27.2 Å². The van der Waals surface area contributed by atoms with Gasteiger partial charge in [0, 0.05) is 39.9 Å². The number of methoxy groups -OCH3 is 3. The Morgan fingerprint density at radius 1 is 1.03 bits per heavy atom. The van der Waals surface area contributed by atoms with Gasteiger partial charge in [-0.1, -0.05) is 35.9 Å². The van der Waals surface area contributed by atoms with Gasteiger partial charge >= 0.3 is 5.97 Å². The summed E-state index contributed by atoms with van der Waals surface area (Å²) in [5.74, 6) is -0.759. The van der Waals surface area contributed by atoms with Gasteiger partial charge in [0.2, 0.25) is 0 Å². The van der Waals surface area contributed by atoms with Crippen LogP contribution >= 0.6 is 11.6 Å². The van der Waals surface area contributed by atoms with Gasteiger partial charge in [0.25, 0.3) is 0 Å². The molecule has 1 unspecified atom stereocenters. The lowest BCUT2D eigenvalue weighted by atomic mass is 9.69. The number of allylic oxidation sites excluding steroid dienone is 2. The molecule has 0 amide bonds. The van der Waals surface area contributed by atoms with Gasteiger partial charge < -0.3 is 14.2 Å². The van der Waals surface area contributed by atoms with Crippen molar-refractivity contribution in [2.24, 2.45) is 10.9 Å². The van der Waals surface area contributed by atoms with Gasteiger partial charge in [-0.15, -0.1) is 0 Å². The second kappa shape index (κ2) is 9.40. The number of rotatable bonds is 5. The number of ketones is 1. The number of para-hydroxylation sites is 1. The summed E-state index contributed by atoms with van der Waals surface area (Å²) in [7, 11) is 4.45. The molecule has 3 atom stereocenters. The number of carbonyl (C=O) groups excluding carboxylic acids is 2. The van der Waals surface area contributed by atoms with Gasteiger partial charge in [-0.25, -0.2) is 0 Å². The van der Waals surface area contributed by atoms with E-state index in [4.69, 9.17) is 30.8 Å². The fourth-order valence-corrected chi connectivity index (χ4v) is 5.08. The van der Waals surface area contributed by atoms with Crippen molar-refractivity contribution in [2.75, 3.05) is 21.3 Å². The quantitative estimate of drug-likeness (QED) is 0.571. The van der Waals surface area contributed by atoms with E-state index < -0.39 is 17.8 Å². The molecule has 2 aromatic rings. The van der Waals surface area contributed by atoms with Crippen LogP contribution in [0.2, 0.25) is 5.02 Å². The summed E-state index contributed by atoms with van der Waals surface area (Å²) in [6, 6.07) is 13.0. The third-order valence-electron chi connectivity index (χ3n) is 6.45. The third kappa shape index (κ3) is 4.15. The molecule has 0 bridgehead atoms. The molecule has 1 heterocycles. The molecular formula is C26H26ClNO5. The zero-order chi connectivity index (χ0) is 23.7. The molecule has 0 N–H and O–H groups in total. The predicted octanol–water partition coefficient (Wildman–Crippen LogP) is 5.11. The molecule has 0 spiro atoms. The molecule has 33 heavy (non-hydrogen) atoms.